The first-order valence-corrected chi connectivity index (χ1v) is 8.54. The van der Waals surface area contributed by atoms with Crippen molar-refractivity contribution in [1.82, 2.24) is 5.32 Å². The summed E-state index contributed by atoms with van der Waals surface area (Å²) in [7, 11) is 0. The summed E-state index contributed by atoms with van der Waals surface area (Å²) < 4.78 is 14.2. The molecule has 0 heterocycles. The minimum atomic E-state index is -1.39. The van der Waals surface area contributed by atoms with E-state index >= 15 is 0 Å². The summed E-state index contributed by atoms with van der Waals surface area (Å²) in [4.78, 5) is 12.6. The number of halogens is 1. The summed E-state index contributed by atoms with van der Waals surface area (Å²) in [6.45, 7) is 6.00. The number of carbonyl (C=O) groups excluding carboxylic acids is 1. The lowest BCUT2D eigenvalue weighted by Crippen LogP contribution is -2.56. The van der Waals surface area contributed by atoms with E-state index in [1.54, 1.807) is 24.3 Å². The fourth-order valence-corrected chi connectivity index (χ4v) is 3.75. The van der Waals surface area contributed by atoms with Crippen LogP contribution in [0.1, 0.15) is 51.8 Å². The number of benzene rings is 1. The van der Waals surface area contributed by atoms with Gasteiger partial charge < -0.3 is 10.4 Å². The van der Waals surface area contributed by atoms with Crippen LogP contribution in [0.4, 0.5) is 4.39 Å². The fraction of sp³-hybridized carbons (Fsp3) is 0.632. The molecule has 4 atom stereocenters. The van der Waals surface area contributed by atoms with Crippen LogP contribution in [0.15, 0.2) is 30.3 Å². The van der Waals surface area contributed by atoms with E-state index in [-0.39, 0.29) is 18.4 Å². The maximum atomic E-state index is 14.2. The Kier molecular flexibility index (Phi) is 5.79. The maximum Gasteiger partial charge on any atom is 0.252 e. The van der Waals surface area contributed by atoms with E-state index in [4.69, 9.17) is 0 Å². The first-order valence-electron chi connectivity index (χ1n) is 8.54. The van der Waals surface area contributed by atoms with Crippen LogP contribution < -0.4 is 5.32 Å². The monoisotopic (exact) mass is 321 g/mol. The van der Waals surface area contributed by atoms with Gasteiger partial charge in [-0.25, -0.2) is 4.39 Å². The van der Waals surface area contributed by atoms with Crippen molar-refractivity contribution in [3.05, 3.63) is 35.9 Å². The molecule has 1 saturated carbocycles. The Labute approximate surface area is 138 Å². The van der Waals surface area contributed by atoms with Crippen LogP contribution in [0, 0.1) is 17.8 Å². The molecule has 0 bridgehead atoms. The van der Waals surface area contributed by atoms with Gasteiger partial charge in [0.05, 0.1) is 6.54 Å². The number of carbonyl (C=O) groups is 1. The summed E-state index contributed by atoms with van der Waals surface area (Å²) in [5.74, 6) is 0.0133. The Morgan fingerprint density at radius 3 is 2.61 bits per heavy atom. The van der Waals surface area contributed by atoms with Crippen LogP contribution in [0.2, 0.25) is 0 Å². The number of aliphatic hydroxyl groups is 1. The molecular formula is C19H28FNO2. The first-order chi connectivity index (χ1) is 10.8. The van der Waals surface area contributed by atoms with Crippen molar-refractivity contribution < 1.29 is 14.3 Å². The van der Waals surface area contributed by atoms with Crippen LogP contribution >= 0.6 is 0 Å². The molecule has 1 aromatic rings. The highest BCUT2D eigenvalue weighted by Gasteiger charge is 2.48. The van der Waals surface area contributed by atoms with Crippen LogP contribution in [0.3, 0.4) is 0 Å². The van der Waals surface area contributed by atoms with E-state index < -0.39 is 17.7 Å². The first kappa shape index (κ1) is 17.9. The summed E-state index contributed by atoms with van der Waals surface area (Å²) >= 11 is 0. The second-order valence-corrected chi connectivity index (χ2v) is 7.25. The predicted octanol–water partition coefficient (Wildman–Crippen LogP) is 3.64. The quantitative estimate of drug-likeness (QED) is 0.870. The second kappa shape index (κ2) is 7.43. The number of nitrogens with one attached hydrogen (secondary N) is 1. The summed E-state index contributed by atoms with van der Waals surface area (Å²) in [6, 6.07) is 8.77. The van der Waals surface area contributed by atoms with E-state index in [2.05, 4.69) is 12.2 Å². The zero-order valence-corrected chi connectivity index (χ0v) is 14.3. The number of alkyl halides is 1. The Hall–Kier alpha value is -1.42. The third-order valence-electron chi connectivity index (χ3n) is 5.04. The Bertz CT molecular complexity index is 519. The summed E-state index contributed by atoms with van der Waals surface area (Å²) in [5.41, 5.74) is -0.848. The Morgan fingerprint density at radius 2 is 2.00 bits per heavy atom. The molecule has 1 amide bonds. The van der Waals surface area contributed by atoms with Gasteiger partial charge in [-0.1, -0.05) is 57.5 Å². The summed E-state index contributed by atoms with van der Waals surface area (Å²) in [5, 5.41) is 13.6. The standard InChI is InChI=1S/C19H28FNO2/c1-13(2)16-10-9-14(3)11-19(16,23)18(22)21-12-17(20)15-7-5-4-6-8-15/h4-8,13-14,16-17,23H,9-12H2,1-3H3,(H,21,22)/t14?,16?,17-,19?/m0/s1. The molecule has 3 nitrogen and oxygen atoms in total. The molecule has 1 aromatic carbocycles. The highest BCUT2D eigenvalue weighted by atomic mass is 19.1. The molecule has 0 aromatic heterocycles. The van der Waals surface area contributed by atoms with Crippen molar-refractivity contribution in [2.75, 3.05) is 6.54 Å². The van der Waals surface area contributed by atoms with Gasteiger partial charge in [0.25, 0.3) is 5.91 Å². The maximum absolute atomic E-state index is 14.2. The smallest absolute Gasteiger partial charge is 0.252 e. The normalized spacial score (nSPS) is 29.3. The topological polar surface area (TPSA) is 49.3 Å². The number of amides is 1. The third kappa shape index (κ3) is 4.11. The van der Waals surface area contributed by atoms with Gasteiger partial charge in [0.1, 0.15) is 11.8 Å². The van der Waals surface area contributed by atoms with Crippen LogP contribution in [-0.4, -0.2) is 23.2 Å². The molecular weight excluding hydrogens is 293 g/mol. The predicted molar refractivity (Wildman–Crippen MR) is 89.6 cm³/mol. The minimum Gasteiger partial charge on any atom is -0.380 e. The van der Waals surface area contributed by atoms with Gasteiger partial charge in [-0.15, -0.1) is 0 Å². The molecule has 1 fully saturated rings. The van der Waals surface area contributed by atoms with Crippen LogP contribution in [0.5, 0.6) is 0 Å². The van der Waals surface area contributed by atoms with Crippen molar-refractivity contribution in [2.24, 2.45) is 17.8 Å². The summed E-state index contributed by atoms with van der Waals surface area (Å²) in [6.07, 6.45) is 1.04. The van der Waals surface area contributed by atoms with Crippen molar-refractivity contribution in [3.63, 3.8) is 0 Å². The highest BCUT2D eigenvalue weighted by molar-refractivity contribution is 5.85. The van der Waals surface area contributed by atoms with Gasteiger partial charge >= 0.3 is 0 Å². The lowest BCUT2D eigenvalue weighted by molar-refractivity contribution is -0.156. The van der Waals surface area contributed by atoms with Crippen molar-refractivity contribution in [1.29, 1.82) is 0 Å². The Morgan fingerprint density at radius 1 is 1.35 bits per heavy atom. The van der Waals surface area contributed by atoms with Gasteiger partial charge in [0.2, 0.25) is 0 Å². The molecule has 0 saturated heterocycles. The molecule has 2 N–H and O–H groups in total. The molecule has 128 valence electrons. The molecule has 1 aliphatic rings. The van der Waals surface area contributed by atoms with E-state index in [0.717, 1.165) is 12.8 Å². The number of hydrogen-bond donors (Lipinski definition) is 2. The number of hydrogen-bond acceptors (Lipinski definition) is 2. The fourth-order valence-electron chi connectivity index (χ4n) is 3.75. The molecule has 23 heavy (non-hydrogen) atoms. The van der Waals surface area contributed by atoms with Crippen LogP contribution in [-0.2, 0) is 4.79 Å². The van der Waals surface area contributed by atoms with Gasteiger partial charge in [-0.2, -0.15) is 0 Å². The lowest BCUT2D eigenvalue weighted by Gasteiger charge is -2.43. The van der Waals surface area contributed by atoms with Gasteiger partial charge in [0.15, 0.2) is 0 Å². The zero-order valence-electron chi connectivity index (χ0n) is 14.3. The SMILES string of the molecule is CC1CCC(C(C)C)C(O)(C(=O)NC[C@H](F)c2ccccc2)C1. The third-order valence-corrected chi connectivity index (χ3v) is 5.04. The molecule has 2 rings (SSSR count). The molecule has 0 spiro atoms. The average molecular weight is 321 g/mol. The lowest BCUT2D eigenvalue weighted by atomic mass is 9.66. The van der Waals surface area contributed by atoms with E-state index in [1.807, 2.05) is 19.9 Å². The van der Waals surface area contributed by atoms with Crippen LogP contribution in [0.25, 0.3) is 0 Å². The van der Waals surface area contributed by atoms with Gasteiger partial charge in [0, 0.05) is 0 Å². The zero-order chi connectivity index (χ0) is 17.0. The van der Waals surface area contributed by atoms with E-state index in [9.17, 15) is 14.3 Å². The molecule has 3 unspecified atom stereocenters. The van der Waals surface area contributed by atoms with E-state index in [1.165, 1.54) is 0 Å². The van der Waals surface area contributed by atoms with Crippen molar-refractivity contribution in [3.8, 4) is 0 Å². The Balaban J connectivity index is 2.02. The van der Waals surface area contributed by atoms with Gasteiger partial charge in [-0.3, -0.25) is 4.79 Å². The van der Waals surface area contributed by atoms with E-state index in [0.29, 0.717) is 17.9 Å². The largest absolute Gasteiger partial charge is 0.380 e. The molecule has 1 aliphatic carbocycles. The number of rotatable bonds is 5. The van der Waals surface area contributed by atoms with Gasteiger partial charge in [-0.05, 0) is 36.2 Å². The highest BCUT2D eigenvalue weighted by Crippen LogP contribution is 2.41. The van der Waals surface area contributed by atoms with Crippen molar-refractivity contribution in [2.45, 2.75) is 51.8 Å². The minimum absolute atomic E-state index is 0.0755. The molecule has 0 radical (unpaired) electrons. The van der Waals surface area contributed by atoms with Crippen molar-refractivity contribution >= 4 is 5.91 Å². The second-order valence-electron chi connectivity index (χ2n) is 7.25. The average Bonchev–Trinajstić information content (AvgIpc) is 2.52. The molecule has 0 aliphatic heterocycles. The molecule has 4 heteroatoms.